The standard InChI is InChI=1S/C18H19N5O2/c1-24-15-9-5-3-7-13(15)11-19-18-22-17(12-20-23-18)21-14-8-4-6-10-16(14)25-2/h3-10,12H,11H2,1-2H3,(H2,19,21,22,23). The van der Waals surface area contributed by atoms with Crippen LogP contribution in [-0.2, 0) is 6.54 Å². The van der Waals surface area contributed by atoms with E-state index in [0.717, 1.165) is 22.7 Å². The highest BCUT2D eigenvalue weighted by Crippen LogP contribution is 2.26. The number of nitrogens with zero attached hydrogens (tertiary/aromatic N) is 3. The Balaban J connectivity index is 1.71. The highest BCUT2D eigenvalue weighted by atomic mass is 16.5. The van der Waals surface area contributed by atoms with Crippen molar-refractivity contribution in [3.05, 3.63) is 60.3 Å². The van der Waals surface area contributed by atoms with E-state index < -0.39 is 0 Å². The fourth-order valence-corrected chi connectivity index (χ4v) is 2.35. The molecule has 0 bridgehead atoms. The SMILES string of the molecule is COc1ccccc1CNc1nncc(Nc2ccccc2OC)n1. The van der Waals surface area contributed by atoms with Crippen molar-refractivity contribution in [2.45, 2.75) is 6.54 Å². The highest BCUT2D eigenvalue weighted by Gasteiger charge is 2.06. The summed E-state index contributed by atoms with van der Waals surface area (Å²) in [6.07, 6.45) is 1.56. The Hall–Kier alpha value is -3.35. The van der Waals surface area contributed by atoms with Crippen LogP contribution in [0.3, 0.4) is 0 Å². The second-order valence-corrected chi connectivity index (χ2v) is 5.16. The molecule has 7 nitrogen and oxygen atoms in total. The Morgan fingerprint density at radius 2 is 1.64 bits per heavy atom. The molecular weight excluding hydrogens is 318 g/mol. The van der Waals surface area contributed by atoms with E-state index in [9.17, 15) is 0 Å². The molecule has 0 unspecified atom stereocenters. The van der Waals surface area contributed by atoms with Gasteiger partial charge in [-0.15, -0.1) is 5.10 Å². The number of benzene rings is 2. The molecule has 7 heteroatoms. The number of hydrogen-bond donors (Lipinski definition) is 2. The normalized spacial score (nSPS) is 10.2. The van der Waals surface area contributed by atoms with Gasteiger partial charge >= 0.3 is 0 Å². The minimum atomic E-state index is 0.422. The van der Waals surface area contributed by atoms with Crippen LogP contribution in [0, 0.1) is 0 Å². The monoisotopic (exact) mass is 337 g/mol. The average Bonchev–Trinajstić information content (AvgIpc) is 2.67. The summed E-state index contributed by atoms with van der Waals surface area (Å²) >= 11 is 0. The smallest absolute Gasteiger partial charge is 0.244 e. The van der Waals surface area contributed by atoms with Crippen LogP contribution >= 0.6 is 0 Å². The zero-order valence-corrected chi connectivity index (χ0v) is 14.1. The molecule has 2 aromatic carbocycles. The maximum Gasteiger partial charge on any atom is 0.244 e. The van der Waals surface area contributed by atoms with Crippen LogP contribution in [0.15, 0.2) is 54.7 Å². The first-order chi connectivity index (χ1) is 12.3. The van der Waals surface area contributed by atoms with Gasteiger partial charge in [0, 0.05) is 12.1 Å². The first-order valence-electron chi connectivity index (χ1n) is 7.75. The third-order valence-corrected chi connectivity index (χ3v) is 3.56. The van der Waals surface area contributed by atoms with Crippen molar-refractivity contribution in [3.63, 3.8) is 0 Å². The van der Waals surface area contributed by atoms with Gasteiger partial charge in [0.2, 0.25) is 5.95 Å². The van der Waals surface area contributed by atoms with E-state index in [4.69, 9.17) is 9.47 Å². The summed E-state index contributed by atoms with van der Waals surface area (Å²) in [6, 6.07) is 15.4. The zero-order valence-electron chi connectivity index (χ0n) is 14.1. The summed E-state index contributed by atoms with van der Waals surface area (Å²) in [5.74, 6) is 2.53. The van der Waals surface area contributed by atoms with Crippen LogP contribution in [0.2, 0.25) is 0 Å². The highest BCUT2D eigenvalue weighted by molar-refractivity contribution is 5.63. The molecule has 25 heavy (non-hydrogen) atoms. The molecule has 0 aliphatic heterocycles. The van der Waals surface area contributed by atoms with Crippen molar-refractivity contribution >= 4 is 17.5 Å². The molecule has 0 amide bonds. The molecule has 0 radical (unpaired) electrons. The van der Waals surface area contributed by atoms with Gasteiger partial charge in [-0.2, -0.15) is 10.1 Å². The first kappa shape index (κ1) is 16.5. The lowest BCUT2D eigenvalue weighted by molar-refractivity contribution is 0.410. The second-order valence-electron chi connectivity index (χ2n) is 5.16. The number of ether oxygens (including phenoxy) is 2. The van der Waals surface area contributed by atoms with E-state index in [2.05, 4.69) is 25.8 Å². The number of hydrogen-bond acceptors (Lipinski definition) is 7. The first-order valence-corrected chi connectivity index (χ1v) is 7.75. The number of rotatable bonds is 7. The Labute approximate surface area is 146 Å². The third kappa shape index (κ3) is 4.14. The molecule has 0 fully saturated rings. The molecule has 0 atom stereocenters. The van der Waals surface area contributed by atoms with Crippen molar-refractivity contribution in [2.24, 2.45) is 0 Å². The maximum atomic E-state index is 5.34. The third-order valence-electron chi connectivity index (χ3n) is 3.56. The molecule has 0 saturated heterocycles. The fraction of sp³-hybridized carbons (Fsp3) is 0.167. The number of anilines is 3. The van der Waals surface area contributed by atoms with E-state index in [-0.39, 0.29) is 0 Å². The van der Waals surface area contributed by atoms with Gasteiger partial charge in [0.05, 0.1) is 26.1 Å². The summed E-state index contributed by atoms with van der Waals surface area (Å²) in [6.45, 7) is 0.532. The molecule has 0 saturated carbocycles. The molecular formula is C18H19N5O2. The molecule has 0 aliphatic carbocycles. The summed E-state index contributed by atoms with van der Waals surface area (Å²) in [5, 5.41) is 14.3. The Morgan fingerprint density at radius 3 is 2.44 bits per heavy atom. The van der Waals surface area contributed by atoms with Crippen molar-refractivity contribution in [1.29, 1.82) is 0 Å². The molecule has 3 aromatic rings. The predicted molar refractivity (Wildman–Crippen MR) is 96.4 cm³/mol. The van der Waals surface area contributed by atoms with Gasteiger partial charge in [-0.3, -0.25) is 0 Å². The number of para-hydroxylation sites is 3. The van der Waals surface area contributed by atoms with E-state index in [1.807, 2.05) is 48.5 Å². The minimum Gasteiger partial charge on any atom is -0.496 e. The number of nitrogens with one attached hydrogen (secondary N) is 2. The van der Waals surface area contributed by atoms with Gasteiger partial charge in [-0.05, 0) is 18.2 Å². The summed E-state index contributed by atoms with van der Waals surface area (Å²) < 4.78 is 10.7. The maximum absolute atomic E-state index is 5.34. The molecule has 1 aromatic heterocycles. The number of aromatic nitrogens is 3. The second kappa shape index (κ2) is 7.96. The zero-order chi connectivity index (χ0) is 17.5. The summed E-state index contributed by atoms with van der Waals surface area (Å²) in [5.41, 5.74) is 1.82. The average molecular weight is 337 g/mol. The van der Waals surface area contributed by atoms with Gasteiger partial charge in [0.25, 0.3) is 0 Å². The molecule has 128 valence electrons. The van der Waals surface area contributed by atoms with Crippen molar-refractivity contribution in [1.82, 2.24) is 15.2 Å². The summed E-state index contributed by atoms with van der Waals surface area (Å²) in [4.78, 5) is 4.42. The minimum absolute atomic E-state index is 0.422. The van der Waals surface area contributed by atoms with E-state index in [0.29, 0.717) is 18.3 Å². The van der Waals surface area contributed by atoms with Crippen LogP contribution in [0.4, 0.5) is 17.5 Å². The lowest BCUT2D eigenvalue weighted by Gasteiger charge is -2.11. The molecule has 0 spiro atoms. The van der Waals surface area contributed by atoms with E-state index in [1.165, 1.54) is 0 Å². The van der Waals surface area contributed by atoms with Gasteiger partial charge in [-0.1, -0.05) is 30.3 Å². The van der Waals surface area contributed by atoms with Gasteiger partial charge < -0.3 is 20.1 Å². The molecule has 2 N–H and O–H groups in total. The van der Waals surface area contributed by atoms with Crippen molar-refractivity contribution < 1.29 is 9.47 Å². The quantitative estimate of drug-likeness (QED) is 0.685. The van der Waals surface area contributed by atoms with Crippen LogP contribution < -0.4 is 20.1 Å². The van der Waals surface area contributed by atoms with Gasteiger partial charge in [0.15, 0.2) is 5.82 Å². The number of methoxy groups -OCH3 is 2. The van der Waals surface area contributed by atoms with Crippen LogP contribution in [0.1, 0.15) is 5.56 Å². The van der Waals surface area contributed by atoms with Gasteiger partial charge in [0.1, 0.15) is 11.5 Å². The fourth-order valence-electron chi connectivity index (χ4n) is 2.35. The van der Waals surface area contributed by atoms with E-state index in [1.54, 1.807) is 20.4 Å². The predicted octanol–water partition coefficient (Wildman–Crippen LogP) is 3.24. The van der Waals surface area contributed by atoms with Crippen molar-refractivity contribution in [2.75, 3.05) is 24.9 Å². The summed E-state index contributed by atoms with van der Waals surface area (Å²) in [7, 11) is 3.27. The Morgan fingerprint density at radius 1 is 0.920 bits per heavy atom. The largest absolute Gasteiger partial charge is 0.496 e. The lowest BCUT2D eigenvalue weighted by atomic mass is 10.2. The molecule has 1 heterocycles. The topological polar surface area (TPSA) is 81.2 Å². The Kier molecular flexibility index (Phi) is 5.26. The van der Waals surface area contributed by atoms with Crippen molar-refractivity contribution in [3.8, 4) is 11.5 Å². The van der Waals surface area contributed by atoms with Crippen LogP contribution in [0.5, 0.6) is 11.5 Å². The molecule has 3 rings (SSSR count). The van der Waals surface area contributed by atoms with Crippen LogP contribution in [0.25, 0.3) is 0 Å². The Bertz CT molecular complexity index is 841. The van der Waals surface area contributed by atoms with Crippen LogP contribution in [-0.4, -0.2) is 29.4 Å². The van der Waals surface area contributed by atoms with E-state index >= 15 is 0 Å². The molecule has 0 aliphatic rings. The van der Waals surface area contributed by atoms with Gasteiger partial charge in [-0.25, -0.2) is 0 Å². The lowest BCUT2D eigenvalue weighted by Crippen LogP contribution is -2.07.